The van der Waals surface area contributed by atoms with E-state index in [9.17, 15) is 4.79 Å². The summed E-state index contributed by atoms with van der Waals surface area (Å²) in [5.41, 5.74) is 0.867. The molecule has 0 bridgehead atoms. The van der Waals surface area contributed by atoms with Gasteiger partial charge in [-0.1, -0.05) is 0 Å². The van der Waals surface area contributed by atoms with Crippen molar-refractivity contribution in [1.29, 1.82) is 10.5 Å². The third kappa shape index (κ3) is 2.55. The molecule has 0 saturated carbocycles. The van der Waals surface area contributed by atoms with Gasteiger partial charge >= 0.3 is 93.7 Å². The maximum atomic E-state index is 11.4. The maximum absolute atomic E-state index is 11.4. The predicted octanol–water partition coefficient (Wildman–Crippen LogP) is -1.48. The molecule has 1 aliphatic rings. The molecule has 4 heteroatoms. The summed E-state index contributed by atoms with van der Waals surface area (Å²) < 4.78 is 0.237. The van der Waals surface area contributed by atoms with E-state index in [4.69, 9.17) is 10.5 Å². The molecule has 0 atom stereocenters. The van der Waals surface area contributed by atoms with Crippen LogP contribution in [0.25, 0.3) is 0 Å². The summed E-state index contributed by atoms with van der Waals surface area (Å²) >= 11 is -0.450. The molecule has 0 aromatic carbocycles. The third-order valence-corrected chi connectivity index (χ3v) is 4.75. The molecule has 0 radical (unpaired) electrons. The molecule has 0 aliphatic carbocycles. The molecular weight excluding hydrogens is 291 g/mol. The van der Waals surface area contributed by atoms with Gasteiger partial charge in [-0.15, -0.1) is 0 Å². The second kappa shape index (κ2) is 4.10. The van der Waals surface area contributed by atoms with Crippen molar-refractivity contribution < 1.29 is 26.0 Å². The van der Waals surface area contributed by atoms with Gasteiger partial charge in [0.2, 0.25) is 0 Å². The molecule has 14 heavy (non-hydrogen) atoms. The molecular formula is C10H10IN2O-. The number of halogens is 1. The van der Waals surface area contributed by atoms with Gasteiger partial charge in [0.25, 0.3) is 0 Å². The van der Waals surface area contributed by atoms with E-state index in [1.54, 1.807) is 0 Å². The minimum atomic E-state index is -0.450. The molecule has 1 rings (SSSR count). The Morgan fingerprint density at radius 1 is 1.43 bits per heavy atom. The fourth-order valence-corrected chi connectivity index (χ4v) is 4.38. The first-order valence-electron chi connectivity index (χ1n) is 4.19. The van der Waals surface area contributed by atoms with Gasteiger partial charge < -0.3 is 0 Å². The number of alkyl halides is 1. The van der Waals surface area contributed by atoms with Crippen LogP contribution in [-0.4, -0.2) is 7.21 Å². The van der Waals surface area contributed by atoms with Crippen molar-refractivity contribution in [2.24, 2.45) is 0 Å². The van der Waals surface area contributed by atoms with E-state index in [0.29, 0.717) is 6.42 Å². The van der Waals surface area contributed by atoms with E-state index in [-0.39, 0.29) is 12.8 Å². The summed E-state index contributed by atoms with van der Waals surface area (Å²) in [6, 6.07) is 3.72. The average molecular weight is 301 g/mol. The zero-order valence-corrected chi connectivity index (χ0v) is 10.3. The molecule has 1 fully saturated rings. The molecule has 1 heterocycles. The fraction of sp³-hybridized carbons (Fsp3) is 0.500. The normalized spacial score (nSPS) is 20.3. The molecule has 1 saturated heterocycles. The summed E-state index contributed by atoms with van der Waals surface area (Å²) in [6.07, 6.45) is 1.05. The first kappa shape index (κ1) is 11.2. The number of carbonyl (C=O) groups is 1. The van der Waals surface area contributed by atoms with Gasteiger partial charge in [0.15, 0.2) is 0 Å². The van der Waals surface area contributed by atoms with E-state index in [2.05, 4.69) is 0 Å². The molecule has 3 nitrogen and oxygen atoms in total. The monoisotopic (exact) mass is 301 g/mol. The molecule has 0 unspecified atom stereocenters. The molecule has 0 amide bonds. The topological polar surface area (TPSA) is 64.7 Å². The third-order valence-electron chi connectivity index (χ3n) is 1.92. The quantitative estimate of drug-likeness (QED) is 0.237. The number of hydrogen-bond acceptors (Lipinski definition) is 3. The number of allylic oxidation sites excluding steroid dienone is 2. The summed E-state index contributed by atoms with van der Waals surface area (Å²) in [4.78, 5) is 11.4. The Bertz CT molecular complexity index is 366. The van der Waals surface area contributed by atoms with Crippen LogP contribution in [0.4, 0.5) is 0 Å². The SMILES string of the molecule is CC1(C)CC(=C(C#N)C#N)CC(=O)[I-]1. The van der Waals surface area contributed by atoms with Crippen LogP contribution in [0.1, 0.15) is 26.7 Å². The van der Waals surface area contributed by atoms with Gasteiger partial charge in [0, 0.05) is 0 Å². The van der Waals surface area contributed by atoms with Gasteiger partial charge in [0.05, 0.1) is 0 Å². The molecule has 74 valence electrons. The molecule has 0 spiro atoms. The Labute approximate surface area is 93.7 Å². The summed E-state index contributed by atoms with van der Waals surface area (Å²) in [5.74, 6) is 0. The van der Waals surface area contributed by atoms with Crippen molar-refractivity contribution in [2.75, 3.05) is 0 Å². The zero-order chi connectivity index (χ0) is 10.8. The van der Waals surface area contributed by atoms with E-state index in [1.165, 1.54) is 0 Å². The standard InChI is InChI=1S/C10H10IN2O/c1-10(2)4-7(3-9(14)11-10)8(5-12)6-13/h3-4H2,1-2H3/q-1. The van der Waals surface area contributed by atoms with Crippen LogP contribution in [0, 0.1) is 22.7 Å². The first-order valence-corrected chi connectivity index (χ1v) is 6.35. The van der Waals surface area contributed by atoms with E-state index >= 15 is 0 Å². The van der Waals surface area contributed by atoms with Crippen molar-refractivity contribution in [1.82, 2.24) is 0 Å². The Balaban J connectivity index is 3.05. The Morgan fingerprint density at radius 2 is 2.00 bits per heavy atom. The van der Waals surface area contributed by atoms with Crippen LogP contribution in [0.15, 0.2) is 11.1 Å². The van der Waals surface area contributed by atoms with Gasteiger partial charge in [-0.3, -0.25) is 0 Å². The molecule has 0 aromatic heterocycles. The van der Waals surface area contributed by atoms with Gasteiger partial charge in [0.1, 0.15) is 0 Å². The van der Waals surface area contributed by atoms with Crippen molar-refractivity contribution >= 4 is 3.79 Å². The van der Waals surface area contributed by atoms with Crippen LogP contribution in [0.2, 0.25) is 0 Å². The van der Waals surface area contributed by atoms with Gasteiger partial charge in [-0.25, -0.2) is 0 Å². The van der Waals surface area contributed by atoms with Gasteiger partial charge in [-0.05, 0) is 0 Å². The molecule has 0 aromatic rings. The first-order chi connectivity index (χ1) is 6.48. The van der Waals surface area contributed by atoms with Crippen LogP contribution >= 0.6 is 0 Å². The van der Waals surface area contributed by atoms with Crippen LogP contribution in [0.3, 0.4) is 0 Å². The number of hydrogen-bond donors (Lipinski definition) is 0. The summed E-state index contributed by atoms with van der Waals surface area (Å²) in [6.45, 7) is 4.06. The number of carbonyl (C=O) groups excluding carboxylic acids is 1. The van der Waals surface area contributed by atoms with Gasteiger partial charge in [-0.2, -0.15) is 0 Å². The number of rotatable bonds is 0. The van der Waals surface area contributed by atoms with Crippen LogP contribution < -0.4 is 21.2 Å². The fourth-order valence-electron chi connectivity index (χ4n) is 1.45. The van der Waals surface area contributed by atoms with E-state index in [0.717, 1.165) is 12.0 Å². The zero-order valence-electron chi connectivity index (χ0n) is 8.09. The number of nitriles is 2. The summed E-state index contributed by atoms with van der Waals surface area (Å²) in [7, 11) is 0. The van der Waals surface area contributed by atoms with E-state index in [1.807, 2.05) is 26.0 Å². The predicted molar refractivity (Wildman–Crippen MR) is 46.6 cm³/mol. The summed E-state index contributed by atoms with van der Waals surface area (Å²) in [5, 5.41) is 17.4. The molecule has 0 N–H and O–H groups in total. The van der Waals surface area contributed by atoms with Crippen molar-refractivity contribution in [2.45, 2.75) is 30.1 Å². The number of nitrogens with zero attached hydrogens (tertiary/aromatic N) is 2. The Kier molecular flexibility index (Phi) is 3.28. The van der Waals surface area contributed by atoms with Crippen molar-refractivity contribution in [3.8, 4) is 12.1 Å². The Morgan fingerprint density at radius 3 is 2.43 bits per heavy atom. The Hall–Kier alpha value is -0.880. The average Bonchev–Trinajstić information content (AvgIpc) is 2.02. The minimum absolute atomic E-state index is 0.00248. The van der Waals surface area contributed by atoms with Crippen molar-refractivity contribution in [3.05, 3.63) is 11.1 Å². The second-order valence-electron chi connectivity index (χ2n) is 3.72. The molecule has 1 aliphatic heterocycles. The van der Waals surface area contributed by atoms with E-state index < -0.39 is 21.2 Å². The second-order valence-corrected chi connectivity index (χ2v) is 8.39. The van der Waals surface area contributed by atoms with Crippen molar-refractivity contribution in [3.63, 3.8) is 0 Å². The van der Waals surface area contributed by atoms with Crippen LogP contribution in [-0.2, 0) is 4.79 Å². The van der Waals surface area contributed by atoms with Crippen LogP contribution in [0.5, 0.6) is 0 Å².